The number of terminal acetylenes is 1. The van der Waals surface area contributed by atoms with Crippen LogP contribution in [0.15, 0.2) is 18.2 Å². The van der Waals surface area contributed by atoms with Gasteiger partial charge < -0.3 is 9.84 Å². The number of carboxylic acids is 1. The van der Waals surface area contributed by atoms with Crippen LogP contribution in [0.3, 0.4) is 0 Å². The lowest BCUT2D eigenvalue weighted by atomic mass is 9.85. The van der Waals surface area contributed by atoms with Gasteiger partial charge in [0.2, 0.25) is 0 Å². The smallest absolute Gasteiger partial charge is 0.480 e. The number of amides is 1. The maximum Gasteiger partial charge on any atom is 0.573 e. The highest BCUT2D eigenvalue weighted by Gasteiger charge is 2.40. The van der Waals surface area contributed by atoms with Gasteiger partial charge in [-0.2, -0.15) is 0 Å². The van der Waals surface area contributed by atoms with Crippen LogP contribution in [-0.2, 0) is 9.59 Å². The zero-order chi connectivity index (χ0) is 19.6. The fraction of sp³-hybridized carbons (Fsp3) is 0.375. The molecule has 0 saturated carbocycles. The number of ether oxygens (including phenoxy) is 1. The highest BCUT2D eigenvalue weighted by atomic mass is 35.5. The Labute approximate surface area is 147 Å². The minimum absolute atomic E-state index is 0.0650. The summed E-state index contributed by atoms with van der Waals surface area (Å²) >= 11 is 5.76. The summed E-state index contributed by atoms with van der Waals surface area (Å²) in [5.74, 6) is -1.17. The third kappa shape index (κ3) is 5.29. The third-order valence-corrected chi connectivity index (χ3v) is 3.37. The molecule has 0 aromatic heterocycles. The lowest BCUT2D eigenvalue weighted by Gasteiger charge is -2.36. The summed E-state index contributed by atoms with van der Waals surface area (Å²) in [4.78, 5) is 24.6. The van der Waals surface area contributed by atoms with Crippen molar-refractivity contribution in [1.82, 2.24) is 0 Å². The van der Waals surface area contributed by atoms with E-state index in [0.29, 0.717) is 0 Å². The first-order chi connectivity index (χ1) is 11.3. The molecule has 0 aliphatic heterocycles. The number of nitrogens with zero attached hydrogens (tertiary/aromatic N) is 1. The van der Waals surface area contributed by atoms with E-state index in [2.05, 4.69) is 4.74 Å². The molecule has 1 atom stereocenters. The molecule has 1 rings (SSSR count). The first kappa shape index (κ1) is 20.6. The van der Waals surface area contributed by atoms with Gasteiger partial charge in [-0.15, -0.1) is 19.6 Å². The van der Waals surface area contributed by atoms with Crippen molar-refractivity contribution in [1.29, 1.82) is 0 Å². The fourth-order valence-electron chi connectivity index (χ4n) is 2.17. The van der Waals surface area contributed by atoms with Gasteiger partial charge in [-0.25, -0.2) is 4.79 Å². The predicted molar refractivity (Wildman–Crippen MR) is 85.3 cm³/mol. The van der Waals surface area contributed by atoms with E-state index >= 15 is 0 Å². The number of halogens is 4. The van der Waals surface area contributed by atoms with Crippen LogP contribution in [0.5, 0.6) is 5.75 Å². The van der Waals surface area contributed by atoms with Crippen molar-refractivity contribution in [2.24, 2.45) is 5.41 Å². The Morgan fingerprint density at radius 2 is 1.88 bits per heavy atom. The van der Waals surface area contributed by atoms with Gasteiger partial charge in [-0.3, -0.25) is 9.69 Å². The van der Waals surface area contributed by atoms with Crippen molar-refractivity contribution in [3.8, 4) is 18.1 Å². The van der Waals surface area contributed by atoms with E-state index in [4.69, 9.17) is 18.0 Å². The van der Waals surface area contributed by atoms with Crippen molar-refractivity contribution in [3.63, 3.8) is 0 Å². The molecule has 0 unspecified atom stereocenters. The third-order valence-electron chi connectivity index (χ3n) is 3.07. The molecule has 0 radical (unpaired) electrons. The Balaban J connectivity index is 3.44. The second-order valence-electron chi connectivity index (χ2n) is 6.09. The Hall–Kier alpha value is -2.40. The zero-order valence-corrected chi connectivity index (χ0v) is 14.3. The molecule has 0 bridgehead atoms. The molecule has 9 heteroatoms. The van der Waals surface area contributed by atoms with Crippen molar-refractivity contribution in [3.05, 3.63) is 23.2 Å². The van der Waals surface area contributed by atoms with Crippen molar-refractivity contribution >= 4 is 29.2 Å². The molecule has 1 amide bonds. The van der Waals surface area contributed by atoms with Crippen LogP contribution in [0.2, 0.25) is 5.02 Å². The Morgan fingerprint density at radius 3 is 2.24 bits per heavy atom. The number of alkyl halides is 3. The number of carboxylic acid groups (broad SMARTS) is 1. The predicted octanol–water partition coefficient (Wildman–Crippen LogP) is 3.70. The minimum Gasteiger partial charge on any atom is -0.480 e. The summed E-state index contributed by atoms with van der Waals surface area (Å²) in [6.07, 6.45) is 0.152. The van der Waals surface area contributed by atoms with E-state index in [1.165, 1.54) is 0 Å². The summed E-state index contributed by atoms with van der Waals surface area (Å²) in [5.41, 5.74) is -0.990. The van der Waals surface area contributed by atoms with Crippen LogP contribution < -0.4 is 9.64 Å². The van der Waals surface area contributed by atoms with E-state index in [0.717, 1.165) is 23.1 Å². The van der Waals surface area contributed by atoms with Gasteiger partial charge in [0, 0.05) is 5.69 Å². The maximum absolute atomic E-state index is 12.3. The highest BCUT2D eigenvalue weighted by molar-refractivity contribution is 6.32. The summed E-state index contributed by atoms with van der Waals surface area (Å²) in [5, 5.41) is 9.04. The van der Waals surface area contributed by atoms with Crippen LogP contribution in [-0.4, -0.2) is 29.4 Å². The van der Waals surface area contributed by atoms with Crippen LogP contribution >= 0.6 is 11.6 Å². The van der Waals surface area contributed by atoms with E-state index in [1.54, 1.807) is 20.8 Å². The first-order valence-corrected chi connectivity index (χ1v) is 7.23. The number of hydrogen-bond donors (Lipinski definition) is 1. The molecule has 0 aliphatic carbocycles. The summed E-state index contributed by atoms with van der Waals surface area (Å²) in [7, 11) is 0. The second-order valence-corrected chi connectivity index (χ2v) is 6.50. The van der Waals surface area contributed by atoms with E-state index in [9.17, 15) is 27.9 Å². The summed E-state index contributed by atoms with van der Waals surface area (Å²) in [6.45, 7) is 4.72. The van der Waals surface area contributed by atoms with E-state index in [1.807, 2.05) is 5.92 Å². The molecule has 1 aromatic carbocycles. The molecule has 0 saturated heterocycles. The molecule has 0 heterocycles. The maximum atomic E-state index is 12.3. The molecule has 1 aromatic rings. The molecule has 25 heavy (non-hydrogen) atoms. The largest absolute Gasteiger partial charge is 0.573 e. The van der Waals surface area contributed by atoms with Crippen LogP contribution in [0.4, 0.5) is 18.9 Å². The molecule has 0 fully saturated rings. The Bertz CT molecular complexity index is 720. The molecule has 0 aliphatic rings. The normalized spacial score (nSPS) is 12.9. The van der Waals surface area contributed by atoms with E-state index < -0.39 is 40.5 Å². The Kier molecular flexibility index (Phi) is 5.97. The molecule has 0 spiro atoms. The Morgan fingerprint density at radius 1 is 1.32 bits per heavy atom. The van der Waals surface area contributed by atoms with Crippen molar-refractivity contribution in [2.75, 3.05) is 4.90 Å². The lowest BCUT2D eigenvalue weighted by Crippen LogP contribution is -2.52. The second kappa shape index (κ2) is 7.23. The van der Waals surface area contributed by atoms with Gasteiger partial charge in [0.05, 0.1) is 5.02 Å². The molecular formula is C16H15ClF3NO4. The summed E-state index contributed by atoms with van der Waals surface area (Å²) in [6, 6.07) is 1.56. The van der Waals surface area contributed by atoms with E-state index in [-0.39, 0.29) is 5.69 Å². The fourth-order valence-corrected chi connectivity index (χ4v) is 2.38. The van der Waals surface area contributed by atoms with Crippen LogP contribution in [0.25, 0.3) is 0 Å². The average molecular weight is 378 g/mol. The average Bonchev–Trinajstić information content (AvgIpc) is 2.43. The SMILES string of the molecule is C#CC(=O)N(c1ccc(OC(F)(F)F)c(Cl)c1)[C@@H](C(=O)O)C(C)(C)C. The van der Waals surface area contributed by atoms with Crippen LogP contribution in [0.1, 0.15) is 20.8 Å². The van der Waals surface area contributed by atoms with Gasteiger partial charge in [-0.1, -0.05) is 32.4 Å². The topological polar surface area (TPSA) is 66.8 Å². The van der Waals surface area contributed by atoms with Gasteiger partial charge in [0.15, 0.2) is 0 Å². The van der Waals surface area contributed by atoms with Gasteiger partial charge in [-0.05, 0) is 29.5 Å². The van der Waals surface area contributed by atoms with Crippen LogP contribution in [0, 0.1) is 17.8 Å². The number of carbonyl (C=O) groups is 2. The quantitative estimate of drug-likeness (QED) is 0.812. The highest BCUT2D eigenvalue weighted by Crippen LogP contribution is 2.36. The molecule has 5 nitrogen and oxygen atoms in total. The van der Waals surface area contributed by atoms with Crippen molar-refractivity contribution in [2.45, 2.75) is 33.2 Å². The first-order valence-electron chi connectivity index (χ1n) is 6.86. The number of anilines is 1. The lowest BCUT2D eigenvalue weighted by molar-refractivity contribution is -0.274. The number of rotatable bonds is 4. The number of hydrogen-bond acceptors (Lipinski definition) is 3. The van der Waals surface area contributed by atoms with Gasteiger partial charge >= 0.3 is 18.2 Å². The van der Waals surface area contributed by atoms with Crippen molar-refractivity contribution < 1.29 is 32.6 Å². The molecule has 1 N–H and O–H groups in total. The van der Waals surface area contributed by atoms with Gasteiger partial charge in [0.25, 0.3) is 0 Å². The monoisotopic (exact) mass is 377 g/mol. The number of carbonyl (C=O) groups excluding carboxylic acids is 1. The molecule has 136 valence electrons. The standard InChI is InChI=1S/C16H15ClF3NO4/c1-5-12(22)21(13(14(23)24)15(2,3)4)9-6-7-11(10(17)8-9)25-16(18,19)20/h1,6-8,13H,2-4H3,(H,23,24)/t13-/m0/s1. The zero-order valence-electron chi connectivity index (χ0n) is 13.5. The number of benzene rings is 1. The van der Waals surface area contributed by atoms with Gasteiger partial charge in [0.1, 0.15) is 11.8 Å². The minimum atomic E-state index is -4.95. The molecular weight excluding hydrogens is 363 g/mol. The number of aliphatic carboxylic acids is 1. The summed E-state index contributed by atoms with van der Waals surface area (Å²) < 4.78 is 40.6.